The number of nitrogens with zero attached hydrogens (tertiary/aromatic N) is 5. The zero-order valence-corrected chi connectivity index (χ0v) is 12.3. The molecule has 0 amide bonds. The third kappa shape index (κ3) is 2.65. The van der Waals surface area contributed by atoms with Crippen LogP contribution in [0.5, 0.6) is 5.75 Å². The van der Waals surface area contributed by atoms with E-state index in [0.29, 0.717) is 0 Å². The summed E-state index contributed by atoms with van der Waals surface area (Å²) in [6.45, 7) is 2.66. The summed E-state index contributed by atoms with van der Waals surface area (Å²) in [7, 11) is 3.68. The lowest BCUT2D eigenvalue weighted by molar-refractivity contribution is 0.414. The summed E-state index contributed by atoms with van der Waals surface area (Å²) < 4.78 is 6.92. The van der Waals surface area contributed by atoms with Crippen molar-refractivity contribution in [2.24, 2.45) is 0 Å². The van der Waals surface area contributed by atoms with Crippen LogP contribution < -0.4 is 9.64 Å². The molecule has 0 saturated heterocycles. The summed E-state index contributed by atoms with van der Waals surface area (Å²) >= 11 is 0. The average Bonchev–Trinajstić information content (AvgIpc) is 2.89. The first-order valence-corrected chi connectivity index (χ1v) is 6.70. The van der Waals surface area contributed by atoms with Gasteiger partial charge in [-0.1, -0.05) is 12.1 Å². The minimum atomic E-state index is 0.758. The van der Waals surface area contributed by atoms with E-state index in [1.165, 1.54) is 5.56 Å². The zero-order valence-electron chi connectivity index (χ0n) is 12.3. The molecule has 0 aliphatic carbocycles. The van der Waals surface area contributed by atoms with Gasteiger partial charge >= 0.3 is 0 Å². The molecule has 0 atom stereocenters. The lowest BCUT2D eigenvalue weighted by Crippen LogP contribution is -2.18. The summed E-state index contributed by atoms with van der Waals surface area (Å²) in [5.41, 5.74) is 1.95. The van der Waals surface area contributed by atoms with Gasteiger partial charge in [-0.15, -0.1) is 15.3 Å². The highest BCUT2D eigenvalue weighted by atomic mass is 16.5. The van der Waals surface area contributed by atoms with Gasteiger partial charge in [0.1, 0.15) is 11.6 Å². The Hall–Kier alpha value is -2.63. The Kier molecular flexibility index (Phi) is 3.43. The number of rotatable bonds is 4. The van der Waals surface area contributed by atoms with E-state index in [9.17, 15) is 0 Å². The predicted octanol–water partition coefficient (Wildman–Crippen LogP) is 2.08. The van der Waals surface area contributed by atoms with Crippen molar-refractivity contribution in [3.63, 3.8) is 0 Å². The molecule has 1 aromatic carbocycles. The van der Waals surface area contributed by atoms with E-state index < -0.39 is 0 Å². The minimum absolute atomic E-state index is 0.758. The van der Waals surface area contributed by atoms with Crippen molar-refractivity contribution in [3.8, 4) is 5.75 Å². The van der Waals surface area contributed by atoms with E-state index in [1.54, 1.807) is 11.6 Å². The van der Waals surface area contributed by atoms with E-state index in [4.69, 9.17) is 4.74 Å². The van der Waals surface area contributed by atoms with Crippen LogP contribution >= 0.6 is 0 Å². The van der Waals surface area contributed by atoms with Crippen molar-refractivity contribution in [1.82, 2.24) is 19.8 Å². The lowest BCUT2D eigenvalue weighted by atomic mass is 10.2. The second-order valence-electron chi connectivity index (χ2n) is 4.91. The molecule has 2 aromatic heterocycles. The first-order valence-electron chi connectivity index (χ1n) is 6.70. The Bertz CT molecular complexity index is 750. The Morgan fingerprint density at radius 1 is 1.10 bits per heavy atom. The molecule has 0 unspecified atom stereocenters. The molecular weight excluding hydrogens is 266 g/mol. The van der Waals surface area contributed by atoms with Crippen LogP contribution in [-0.4, -0.2) is 34.0 Å². The first kappa shape index (κ1) is 13.4. The monoisotopic (exact) mass is 283 g/mol. The number of ether oxygens (including phenoxy) is 1. The SMILES string of the molecule is COc1ccc(CN(C)c2ccc3nnc(C)n3n2)cc1. The van der Waals surface area contributed by atoms with Gasteiger partial charge in [0.15, 0.2) is 11.5 Å². The van der Waals surface area contributed by atoms with Gasteiger partial charge in [-0.05, 0) is 36.8 Å². The number of anilines is 1. The highest BCUT2D eigenvalue weighted by molar-refractivity contribution is 5.45. The smallest absolute Gasteiger partial charge is 0.178 e. The van der Waals surface area contributed by atoms with Crippen molar-refractivity contribution in [2.45, 2.75) is 13.5 Å². The van der Waals surface area contributed by atoms with E-state index in [0.717, 1.165) is 29.6 Å². The molecule has 0 saturated carbocycles. The molecule has 108 valence electrons. The molecule has 3 aromatic rings. The van der Waals surface area contributed by atoms with Gasteiger partial charge in [-0.3, -0.25) is 0 Å². The Morgan fingerprint density at radius 2 is 1.86 bits per heavy atom. The van der Waals surface area contributed by atoms with Crippen LogP contribution in [0, 0.1) is 6.92 Å². The summed E-state index contributed by atoms with van der Waals surface area (Å²) in [5, 5.41) is 12.6. The van der Waals surface area contributed by atoms with Crippen LogP contribution in [0.3, 0.4) is 0 Å². The van der Waals surface area contributed by atoms with Crippen molar-refractivity contribution in [3.05, 3.63) is 47.8 Å². The molecule has 0 aliphatic rings. The number of hydrogen-bond acceptors (Lipinski definition) is 5. The van der Waals surface area contributed by atoms with Crippen LogP contribution in [0.15, 0.2) is 36.4 Å². The highest BCUT2D eigenvalue weighted by Gasteiger charge is 2.08. The molecule has 3 rings (SSSR count). The van der Waals surface area contributed by atoms with E-state index >= 15 is 0 Å². The summed E-state index contributed by atoms with van der Waals surface area (Å²) in [6, 6.07) is 11.9. The second-order valence-corrected chi connectivity index (χ2v) is 4.91. The number of fused-ring (bicyclic) bond motifs is 1. The fourth-order valence-electron chi connectivity index (χ4n) is 2.18. The van der Waals surface area contributed by atoms with Crippen LogP contribution in [0.1, 0.15) is 11.4 Å². The molecule has 0 radical (unpaired) electrons. The molecule has 6 nitrogen and oxygen atoms in total. The minimum Gasteiger partial charge on any atom is -0.497 e. The Balaban J connectivity index is 1.82. The maximum Gasteiger partial charge on any atom is 0.178 e. The van der Waals surface area contributed by atoms with Gasteiger partial charge in [-0.25, -0.2) is 0 Å². The molecule has 0 bridgehead atoms. The van der Waals surface area contributed by atoms with Crippen LogP contribution in [0.2, 0.25) is 0 Å². The number of benzene rings is 1. The number of methoxy groups -OCH3 is 1. The van der Waals surface area contributed by atoms with Crippen molar-refractivity contribution in [1.29, 1.82) is 0 Å². The lowest BCUT2D eigenvalue weighted by Gasteiger charge is -2.18. The van der Waals surface area contributed by atoms with Gasteiger partial charge in [0.2, 0.25) is 0 Å². The fraction of sp³-hybridized carbons (Fsp3) is 0.267. The van der Waals surface area contributed by atoms with Gasteiger partial charge in [0.05, 0.1) is 7.11 Å². The summed E-state index contributed by atoms with van der Waals surface area (Å²) in [4.78, 5) is 2.08. The van der Waals surface area contributed by atoms with Crippen molar-refractivity contribution in [2.75, 3.05) is 19.1 Å². The maximum absolute atomic E-state index is 5.17. The van der Waals surface area contributed by atoms with Gasteiger partial charge < -0.3 is 9.64 Å². The van der Waals surface area contributed by atoms with Crippen LogP contribution in [0.25, 0.3) is 5.65 Å². The Labute approximate surface area is 123 Å². The number of aromatic nitrogens is 4. The maximum atomic E-state index is 5.17. The predicted molar refractivity (Wildman–Crippen MR) is 80.6 cm³/mol. The third-order valence-corrected chi connectivity index (χ3v) is 3.37. The van der Waals surface area contributed by atoms with E-state index in [-0.39, 0.29) is 0 Å². The Morgan fingerprint density at radius 3 is 2.57 bits per heavy atom. The molecular formula is C15H17N5O. The molecule has 0 fully saturated rings. The zero-order chi connectivity index (χ0) is 14.8. The van der Waals surface area contributed by atoms with Gasteiger partial charge in [-0.2, -0.15) is 4.52 Å². The molecule has 0 aliphatic heterocycles. The van der Waals surface area contributed by atoms with Gasteiger partial charge in [0.25, 0.3) is 0 Å². The van der Waals surface area contributed by atoms with Crippen LogP contribution in [-0.2, 0) is 6.54 Å². The molecule has 0 spiro atoms. The van der Waals surface area contributed by atoms with Crippen molar-refractivity contribution < 1.29 is 4.74 Å². The van der Waals surface area contributed by atoms with E-state index in [1.807, 2.05) is 38.2 Å². The molecule has 2 heterocycles. The molecule has 0 N–H and O–H groups in total. The largest absolute Gasteiger partial charge is 0.497 e. The highest BCUT2D eigenvalue weighted by Crippen LogP contribution is 2.16. The standard InChI is InChI=1S/C15H17N5O/c1-11-16-17-14-8-9-15(18-20(11)14)19(2)10-12-4-6-13(21-3)7-5-12/h4-9H,10H2,1-3H3. The molecule has 6 heteroatoms. The summed E-state index contributed by atoms with van der Waals surface area (Å²) in [5.74, 6) is 2.52. The van der Waals surface area contributed by atoms with Crippen molar-refractivity contribution >= 4 is 11.5 Å². The fourth-order valence-corrected chi connectivity index (χ4v) is 2.18. The summed E-state index contributed by atoms with van der Waals surface area (Å²) in [6.07, 6.45) is 0. The third-order valence-electron chi connectivity index (χ3n) is 3.37. The van der Waals surface area contributed by atoms with Crippen LogP contribution in [0.4, 0.5) is 5.82 Å². The first-order chi connectivity index (χ1) is 10.2. The normalized spacial score (nSPS) is 10.8. The number of hydrogen-bond donors (Lipinski definition) is 0. The quantitative estimate of drug-likeness (QED) is 0.733. The topological polar surface area (TPSA) is 55.5 Å². The number of aryl methyl sites for hydroxylation is 1. The van der Waals surface area contributed by atoms with E-state index in [2.05, 4.69) is 32.3 Å². The average molecular weight is 283 g/mol. The molecule has 21 heavy (non-hydrogen) atoms. The second kappa shape index (κ2) is 5.40. The van der Waals surface area contributed by atoms with Gasteiger partial charge in [0, 0.05) is 13.6 Å².